The predicted octanol–water partition coefficient (Wildman–Crippen LogP) is 3.71. The van der Waals surface area contributed by atoms with Crippen molar-refractivity contribution in [3.8, 4) is 0 Å². The van der Waals surface area contributed by atoms with Crippen LogP contribution in [0.2, 0.25) is 0 Å². The van der Waals surface area contributed by atoms with Crippen LogP contribution in [0.15, 0.2) is 24.3 Å². The highest BCUT2D eigenvalue weighted by molar-refractivity contribution is 6.07. The van der Waals surface area contributed by atoms with E-state index in [9.17, 15) is 22.8 Å². The zero-order chi connectivity index (χ0) is 17.5. The van der Waals surface area contributed by atoms with Crippen molar-refractivity contribution in [1.29, 1.82) is 0 Å². The van der Waals surface area contributed by atoms with Crippen LogP contribution >= 0.6 is 0 Å². The summed E-state index contributed by atoms with van der Waals surface area (Å²) in [6, 6.07) is 4.21. The molecule has 1 spiro atoms. The lowest BCUT2D eigenvalue weighted by atomic mass is 9.73. The molecule has 130 valence electrons. The molecule has 3 amide bonds. The fourth-order valence-electron chi connectivity index (χ4n) is 3.67. The van der Waals surface area contributed by atoms with Gasteiger partial charge in [0.2, 0.25) is 0 Å². The molecule has 4 nitrogen and oxygen atoms in total. The Labute approximate surface area is 138 Å². The number of alkyl halides is 3. The fraction of sp³-hybridized carbons (Fsp3) is 0.529. The largest absolute Gasteiger partial charge is 0.416 e. The van der Waals surface area contributed by atoms with Crippen LogP contribution in [-0.2, 0) is 17.5 Å². The highest BCUT2D eigenvalue weighted by Crippen LogP contribution is 2.38. The zero-order valence-corrected chi connectivity index (χ0v) is 13.3. The van der Waals surface area contributed by atoms with Gasteiger partial charge in [0.25, 0.3) is 5.91 Å². The summed E-state index contributed by atoms with van der Waals surface area (Å²) in [4.78, 5) is 26.1. The first-order valence-electron chi connectivity index (χ1n) is 8.04. The minimum atomic E-state index is -4.45. The lowest BCUT2D eigenvalue weighted by Crippen LogP contribution is -2.53. The average molecular weight is 340 g/mol. The first-order chi connectivity index (χ1) is 11.2. The van der Waals surface area contributed by atoms with Crippen LogP contribution in [0.3, 0.4) is 0 Å². The summed E-state index contributed by atoms with van der Waals surface area (Å²) >= 11 is 0. The van der Waals surface area contributed by atoms with E-state index in [4.69, 9.17) is 0 Å². The molecule has 1 saturated heterocycles. The van der Waals surface area contributed by atoms with Gasteiger partial charge in [0.05, 0.1) is 12.1 Å². The second-order valence-corrected chi connectivity index (χ2v) is 6.64. The Hall–Kier alpha value is -2.05. The third kappa shape index (κ3) is 2.76. The van der Waals surface area contributed by atoms with Crippen molar-refractivity contribution in [2.75, 3.05) is 0 Å². The van der Waals surface area contributed by atoms with E-state index in [2.05, 4.69) is 5.32 Å². The van der Waals surface area contributed by atoms with Crippen LogP contribution < -0.4 is 5.32 Å². The zero-order valence-electron chi connectivity index (χ0n) is 13.3. The van der Waals surface area contributed by atoms with Crippen molar-refractivity contribution >= 4 is 11.9 Å². The molecule has 1 aromatic rings. The standard InChI is InChI=1S/C17H19F3N2O2/c1-11-5-2-3-8-16(11)14(23)22(15(24)21-16)10-12-6-4-7-13(9-12)17(18,19)20/h4,6-7,9,11H,2-3,5,8,10H2,1H3,(H,21,24)/t11-,16+/m1/s1. The Bertz CT molecular complexity index is 674. The smallest absolute Gasteiger partial charge is 0.323 e. The summed E-state index contributed by atoms with van der Waals surface area (Å²) in [7, 11) is 0. The van der Waals surface area contributed by atoms with Crippen molar-refractivity contribution < 1.29 is 22.8 Å². The molecule has 1 heterocycles. The number of urea groups is 1. The number of imide groups is 1. The van der Waals surface area contributed by atoms with Gasteiger partial charge in [0, 0.05) is 0 Å². The molecule has 2 atom stereocenters. The van der Waals surface area contributed by atoms with Crippen LogP contribution in [-0.4, -0.2) is 22.4 Å². The predicted molar refractivity (Wildman–Crippen MR) is 80.9 cm³/mol. The monoisotopic (exact) mass is 340 g/mol. The summed E-state index contributed by atoms with van der Waals surface area (Å²) in [5, 5.41) is 2.80. The number of amides is 3. The lowest BCUT2D eigenvalue weighted by Gasteiger charge is -2.36. The second kappa shape index (κ2) is 5.79. The molecule has 0 unspecified atom stereocenters. The van der Waals surface area contributed by atoms with Gasteiger partial charge < -0.3 is 5.32 Å². The van der Waals surface area contributed by atoms with Crippen molar-refractivity contribution in [1.82, 2.24) is 10.2 Å². The maximum atomic E-state index is 12.8. The van der Waals surface area contributed by atoms with Crippen LogP contribution in [0.5, 0.6) is 0 Å². The molecule has 0 aromatic heterocycles. The highest BCUT2D eigenvalue weighted by Gasteiger charge is 2.54. The molecule has 24 heavy (non-hydrogen) atoms. The number of halogens is 3. The summed E-state index contributed by atoms with van der Waals surface area (Å²) in [6.45, 7) is 1.79. The Morgan fingerprint density at radius 3 is 2.71 bits per heavy atom. The van der Waals surface area contributed by atoms with Crippen molar-refractivity contribution in [2.24, 2.45) is 5.92 Å². The molecule has 0 bridgehead atoms. The van der Waals surface area contributed by atoms with Gasteiger partial charge in [-0.1, -0.05) is 31.9 Å². The Morgan fingerprint density at radius 1 is 1.29 bits per heavy atom. The van der Waals surface area contributed by atoms with Gasteiger partial charge in [0.15, 0.2) is 0 Å². The Kier molecular flexibility index (Phi) is 4.05. The molecule has 1 saturated carbocycles. The number of hydrogen-bond donors (Lipinski definition) is 1. The van der Waals surface area contributed by atoms with E-state index < -0.39 is 23.3 Å². The van der Waals surface area contributed by atoms with E-state index in [1.807, 2.05) is 6.92 Å². The van der Waals surface area contributed by atoms with Crippen molar-refractivity contribution in [3.63, 3.8) is 0 Å². The highest BCUT2D eigenvalue weighted by atomic mass is 19.4. The lowest BCUT2D eigenvalue weighted by molar-refractivity contribution is -0.137. The first kappa shape index (κ1) is 16.8. The fourth-order valence-corrected chi connectivity index (χ4v) is 3.67. The molecule has 1 aliphatic heterocycles. The molecular formula is C17H19F3N2O2. The molecule has 1 N–H and O–H groups in total. The summed E-state index contributed by atoms with van der Waals surface area (Å²) in [6.07, 6.45) is -1.15. The first-order valence-corrected chi connectivity index (χ1v) is 8.04. The summed E-state index contributed by atoms with van der Waals surface area (Å²) < 4.78 is 38.4. The molecule has 1 aromatic carbocycles. The van der Waals surface area contributed by atoms with Gasteiger partial charge in [-0.15, -0.1) is 0 Å². The number of nitrogens with zero attached hydrogens (tertiary/aromatic N) is 1. The molecule has 7 heteroatoms. The number of rotatable bonds is 2. The molecule has 1 aliphatic carbocycles. The summed E-state index contributed by atoms with van der Waals surface area (Å²) in [5.74, 6) is -0.300. The van der Waals surface area contributed by atoms with Crippen LogP contribution in [0, 0.1) is 5.92 Å². The molecule has 3 rings (SSSR count). The molecular weight excluding hydrogens is 321 g/mol. The normalized spacial score (nSPS) is 27.7. The number of hydrogen-bond acceptors (Lipinski definition) is 2. The van der Waals surface area contributed by atoms with Crippen LogP contribution in [0.4, 0.5) is 18.0 Å². The maximum Gasteiger partial charge on any atom is 0.416 e. The van der Waals surface area contributed by atoms with Crippen molar-refractivity contribution in [2.45, 2.75) is 50.9 Å². The van der Waals surface area contributed by atoms with Gasteiger partial charge >= 0.3 is 12.2 Å². The van der Waals surface area contributed by atoms with E-state index in [-0.39, 0.29) is 23.9 Å². The van der Waals surface area contributed by atoms with E-state index in [1.165, 1.54) is 12.1 Å². The van der Waals surface area contributed by atoms with Gasteiger partial charge in [0.1, 0.15) is 5.54 Å². The second-order valence-electron chi connectivity index (χ2n) is 6.64. The number of carbonyl (C=O) groups excluding carboxylic acids is 2. The third-order valence-corrected chi connectivity index (χ3v) is 5.10. The minimum absolute atomic E-state index is 0.0224. The number of nitrogens with one attached hydrogen (secondary N) is 1. The third-order valence-electron chi connectivity index (χ3n) is 5.10. The van der Waals surface area contributed by atoms with Crippen LogP contribution in [0.1, 0.15) is 43.7 Å². The van der Waals surface area contributed by atoms with E-state index in [0.717, 1.165) is 36.3 Å². The molecule has 2 fully saturated rings. The maximum absolute atomic E-state index is 12.8. The molecule has 0 radical (unpaired) electrons. The summed E-state index contributed by atoms with van der Waals surface area (Å²) in [5.41, 5.74) is -1.39. The van der Waals surface area contributed by atoms with Gasteiger partial charge in [-0.05, 0) is 36.5 Å². The van der Waals surface area contributed by atoms with Gasteiger partial charge in [-0.25, -0.2) is 4.79 Å². The number of carbonyl (C=O) groups is 2. The molecule has 2 aliphatic rings. The van der Waals surface area contributed by atoms with Crippen molar-refractivity contribution in [3.05, 3.63) is 35.4 Å². The SMILES string of the molecule is C[C@@H]1CCCC[C@]12NC(=O)N(Cc1cccc(C(F)(F)F)c1)C2=O. The Balaban J connectivity index is 1.83. The Morgan fingerprint density at radius 2 is 2.04 bits per heavy atom. The average Bonchev–Trinajstić information content (AvgIpc) is 2.75. The van der Waals surface area contributed by atoms with E-state index in [1.54, 1.807) is 0 Å². The van der Waals surface area contributed by atoms with Gasteiger partial charge in [-0.3, -0.25) is 9.69 Å². The van der Waals surface area contributed by atoms with E-state index >= 15 is 0 Å². The van der Waals surface area contributed by atoms with E-state index in [0.29, 0.717) is 6.42 Å². The minimum Gasteiger partial charge on any atom is -0.323 e. The number of benzene rings is 1. The quantitative estimate of drug-likeness (QED) is 0.835. The van der Waals surface area contributed by atoms with Crippen LogP contribution in [0.25, 0.3) is 0 Å². The topological polar surface area (TPSA) is 49.4 Å². The van der Waals surface area contributed by atoms with Gasteiger partial charge in [-0.2, -0.15) is 13.2 Å².